The van der Waals surface area contributed by atoms with Gasteiger partial charge in [0.05, 0.1) is 10.0 Å². The van der Waals surface area contributed by atoms with Crippen molar-refractivity contribution >= 4 is 34.9 Å². The first-order valence-corrected chi connectivity index (χ1v) is 4.83. The van der Waals surface area contributed by atoms with E-state index >= 15 is 0 Å². The van der Waals surface area contributed by atoms with Gasteiger partial charge in [0.25, 0.3) is 0 Å². The van der Waals surface area contributed by atoms with Crippen molar-refractivity contribution in [2.24, 2.45) is 0 Å². The van der Waals surface area contributed by atoms with Gasteiger partial charge in [-0.2, -0.15) is 0 Å². The fourth-order valence-electron chi connectivity index (χ4n) is 0.873. The van der Waals surface area contributed by atoms with E-state index in [-0.39, 0.29) is 21.8 Å². The molecule has 0 radical (unpaired) electrons. The highest BCUT2D eigenvalue weighted by molar-refractivity contribution is 6.37. The summed E-state index contributed by atoms with van der Waals surface area (Å²) in [5.74, 6) is -0.193. The van der Waals surface area contributed by atoms with Crippen molar-refractivity contribution in [3.8, 4) is 5.75 Å². The van der Waals surface area contributed by atoms with Crippen LogP contribution in [0.1, 0.15) is 0 Å². The normalized spacial score (nSPS) is 9.87. The molecule has 0 spiro atoms. The number of hydrogen-bond donors (Lipinski definition) is 2. The predicted molar refractivity (Wildman–Crippen MR) is 60.8 cm³/mol. The van der Waals surface area contributed by atoms with Crippen LogP contribution in [-0.2, 0) is 0 Å². The van der Waals surface area contributed by atoms with Crippen LogP contribution in [-0.4, -0.2) is 30.1 Å². The molecule has 1 rings (SSSR count). The van der Waals surface area contributed by atoms with Crippen molar-refractivity contribution in [2.45, 2.75) is 0 Å². The van der Waals surface area contributed by atoms with Crippen LogP contribution in [0.3, 0.4) is 0 Å². The first-order chi connectivity index (χ1) is 6.91. The second-order valence-electron chi connectivity index (χ2n) is 3.11. The number of carbonyl (C=O) groups is 1. The second-order valence-corrected chi connectivity index (χ2v) is 3.93. The number of benzene rings is 1. The maximum absolute atomic E-state index is 11.3. The van der Waals surface area contributed by atoms with E-state index in [1.807, 2.05) is 0 Å². The molecule has 0 bridgehead atoms. The lowest BCUT2D eigenvalue weighted by Crippen LogP contribution is -2.27. The number of hydrogen-bond acceptors (Lipinski definition) is 2. The van der Waals surface area contributed by atoms with Gasteiger partial charge in [-0.15, -0.1) is 0 Å². The minimum absolute atomic E-state index is 0.0940. The van der Waals surface area contributed by atoms with Gasteiger partial charge in [-0.1, -0.05) is 23.2 Å². The molecular formula is C9H10Cl2N2O2. The van der Waals surface area contributed by atoms with Crippen LogP contribution in [0, 0.1) is 0 Å². The summed E-state index contributed by atoms with van der Waals surface area (Å²) in [5.41, 5.74) is 0.432. The zero-order chi connectivity index (χ0) is 11.6. The Morgan fingerprint density at radius 2 is 1.80 bits per heavy atom. The summed E-state index contributed by atoms with van der Waals surface area (Å²) in [7, 11) is 3.22. The first kappa shape index (κ1) is 11.9. The number of nitrogens with zero attached hydrogens (tertiary/aromatic N) is 1. The molecule has 0 heterocycles. The van der Waals surface area contributed by atoms with Crippen LogP contribution in [0.2, 0.25) is 10.0 Å². The van der Waals surface area contributed by atoms with Crippen molar-refractivity contribution in [3.05, 3.63) is 22.2 Å². The average molecular weight is 249 g/mol. The zero-order valence-corrected chi connectivity index (χ0v) is 9.73. The molecule has 15 heavy (non-hydrogen) atoms. The van der Waals surface area contributed by atoms with E-state index in [1.54, 1.807) is 14.1 Å². The van der Waals surface area contributed by atoms with Crippen LogP contribution in [0.4, 0.5) is 10.5 Å². The van der Waals surface area contributed by atoms with E-state index in [0.717, 1.165) is 0 Å². The van der Waals surface area contributed by atoms with Gasteiger partial charge in [-0.05, 0) is 12.1 Å². The molecule has 2 N–H and O–H groups in total. The summed E-state index contributed by atoms with van der Waals surface area (Å²) in [5, 5.41) is 12.0. The molecule has 0 fully saturated rings. The average Bonchev–Trinajstić information content (AvgIpc) is 2.13. The third-order valence-electron chi connectivity index (χ3n) is 1.67. The van der Waals surface area contributed by atoms with Crippen LogP contribution < -0.4 is 5.32 Å². The lowest BCUT2D eigenvalue weighted by Gasteiger charge is -2.12. The fourth-order valence-corrected chi connectivity index (χ4v) is 1.36. The standard InChI is InChI=1S/C9H10Cl2N2O2/c1-13(2)9(15)12-5-3-6(10)8(14)7(11)4-5/h3-4,14H,1-2H3,(H,12,15). The highest BCUT2D eigenvalue weighted by Gasteiger charge is 2.09. The lowest BCUT2D eigenvalue weighted by molar-refractivity contribution is 0.230. The maximum Gasteiger partial charge on any atom is 0.321 e. The van der Waals surface area contributed by atoms with Crippen LogP contribution in [0.25, 0.3) is 0 Å². The Morgan fingerprint density at radius 1 is 1.33 bits per heavy atom. The number of rotatable bonds is 1. The maximum atomic E-state index is 11.3. The molecule has 6 heteroatoms. The summed E-state index contributed by atoms with van der Waals surface area (Å²) < 4.78 is 0. The number of amides is 2. The molecule has 0 unspecified atom stereocenters. The van der Waals surface area contributed by atoms with Gasteiger partial charge in [-0.3, -0.25) is 0 Å². The SMILES string of the molecule is CN(C)C(=O)Nc1cc(Cl)c(O)c(Cl)c1. The number of halogens is 2. The fraction of sp³-hybridized carbons (Fsp3) is 0.222. The van der Waals surface area contributed by atoms with E-state index in [9.17, 15) is 9.90 Å². The third kappa shape index (κ3) is 2.91. The van der Waals surface area contributed by atoms with Gasteiger partial charge >= 0.3 is 6.03 Å². The van der Waals surface area contributed by atoms with Gasteiger partial charge in [0, 0.05) is 19.8 Å². The monoisotopic (exact) mass is 248 g/mol. The number of aromatic hydroxyl groups is 1. The van der Waals surface area contributed by atoms with Crippen molar-refractivity contribution in [2.75, 3.05) is 19.4 Å². The molecule has 1 aromatic rings. The van der Waals surface area contributed by atoms with E-state index in [1.165, 1.54) is 17.0 Å². The van der Waals surface area contributed by atoms with Gasteiger partial charge in [-0.25, -0.2) is 4.79 Å². The summed E-state index contributed by atoms with van der Waals surface area (Å²) in [6.45, 7) is 0. The lowest BCUT2D eigenvalue weighted by atomic mass is 10.3. The number of anilines is 1. The molecular weight excluding hydrogens is 239 g/mol. The van der Waals surface area contributed by atoms with Gasteiger partial charge in [0.15, 0.2) is 5.75 Å². The number of carbonyl (C=O) groups excluding carboxylic acids is 1. The molecule has 4 nitrogen and oxygen atoms in total. The number of phenolic OH excluding ortho intramolecular Hbond substituents is 1. The first-order valence-electron chi connectivity index (χ1n) is 4.08. The molecule has 0 aliphatic heterocycles. The third-order valence-corrected chi connectivity index (χ3v) is 2.25. The minimum atomic E-state index is -0.298. The number of urea groups is 1. The van der Waals surface area contributed by atoms with E-state index in [2.05, 4.69) is 5.32 Å². The molecule has 0 saturated carbocycles. The molecule has 0 aliphatic carbocycles. The minimum Gasteiger partial charge on any atom is -0.505 e. The highest BCUT2D eigenvalue weighted by atomic mass is 35.5. The Kier molecular flexibility index (Phi) is 3.66. The van der Waals surface area contributed by atoms with Gasteiger partial charge in [0.2, 0.25) is 0 Å². The summed E-state index contributed by atoms with van der Waals surface area (Å²) >= 11 is 11.4. The van der Waals surface area contributed by atoms with Crippen molar-refractivity contribution in [1.82, 2.24) is 4.90 Å². The number of phenols is 1. The topological polar surface area (TPSA) is 52.6 Å². The Morgan fingerprint density at radius 3 is 2.20 bits per heavy atom. The van der Waals surface area contributed by atoms with E-state index in [4.69, 9.17) is 23.2 Å². The highest BCUT2D eigenvalue weighted by Crippen LogP contribution is 2.34. The predicted octanol–water partition coefficient (Wildman–Crippen LogP) is 2.79. The Hall–Kier alpha value is -1.13. The Labute approximate surface area is 97.4 Å². The zero-order valence-electron chi connectivity index (χ0n) is 8.21. The molecule has 1 aromatic carbocycles. The molecule has 0 atom stereocenters. The summed E-state index contributed by atoms with van der Waals surface area (Å²) in [6.07, 6.45) is 0. The number of nitrogens with one attached hydrogen (secondary N) is 1. The van der Waals surface area contributed by atoms with E-state index in [0.29, 0.717) is 5.69 Å². The second kappa shape index (κ2) is 4.59. The van der Waals surface area contributed by atoms with E-state index < -0.39 is 0 Å². The van der Waals surface area contributed by atoms with Crippen LogP contribution in [0.15, 0.2) is 12.1 Å². The molecule has 2 amide bonds. The van der Waals surface area contributed by atoms with Crippen LogP contribution in [0.5, 0.6) is 5.75 Å². The van der Waals surface area contributed by atoms with Gasteiger partial charge < -0.3 is 15.3 Å². The van der Waals surface area contributed by atoms with Crippen molar-refractivity contribution in [3.63, 3.8) is 0 Å². The van der Waals surface area contributed by atoms with Crippen molar-refractivity contribution in [1.29, 1.82) is 0 Å². The molecule has 0 aromatic heterocycles. The summed E-state index contributed by atoms with van der Waals surface area (Å²) in [4.78, 5) is 12.7. The molecule has 0 aliphatic rings. The quantitative estimate of drug-likeness (QED) is 0.752. The van der Waals surface area contributed by atoms with Gasteiger partial charge in [0.1, 0.15) is 0 Å². The smallest absolute Gasteiger partial charge is 0.321 e. The van der Waals surface area contributed by atoms with Crippen LogP contribution >= 0.6 is 23.2 Å². The largest absolute Gasteiger partial charge is 0.505 e. The Balaban J connectivity index is 2.93. The Bertz CT molecular complexity index is 371. The van der Waals surface area contributed by atoms with Crippen molar-refractivity contribution < 1.29 is 9.90 Å². The molecule has 0 saturated heterocycles. The summed E-state index contributed by atoms with van der Waals surface area (Å²) in [6, 6.07) is 2.54. The molecule has 82 valence electrons.